The van der Waals surface area contributed by atoms with Crippen molar-refractivity contribution in [2.24, 2.45) is 0 Å². The van der Waals surface area contributed by atoms with Crippen LogP contribution in [0.3, 0.4) is 0 Å². The van der Waals surface area contributed by atoms with E-state index in [1.165, 1.54) is 25.8 Å². The van der Waals surface area contributed by atoms with Gasteiger partial charge in [0, 0.05) is 55.4 Å². The predicted molar refractivity (Wildman–Crippen MR) is 180 cm³/mol. The number of amides is 1. The van der Waals surface area contributed by atoms with E-state index < -0.39 is 0 Å². The van der Waals surface area contributed by atoms with Crippen molar-refractivity contribution in [3.63, 3.8) is 0 Å². The molecule has 0 atom stereocenters. The number of benzene rings is 4. The molecular formula is C35H36Cl2N2O8. The van der Waals surface area contributed by atoms with Crippen molar-refractivity contribution < 1.29 is 38.4 Å². The van der Waals surface area contributed by atoms with Gasteiger partial charge in [0.05, 0.1) is 14.2 Å². The van der Waals surface area contributed by atoms with Crippen LogP contribution < -0.4 is 23.7 Å². The highest BCUT2D eigenvalue weighted by Gasteiger charge is 2.23. The molecule has 0 saturated carbocycles. The Kier molecular flexibility index (Phi) is 12.6. The summed E-state index contributed by atoms with van der Waals surface area (Å²) in [6.07, 6.45) is 0. The van der Waals surface area contributed by atoms with Gasteiger partial charge < -0.3 is 33.7 Å². The standard InChI is InChI=1S/C20H21ClN2O4.C15H14O4.ClH/c21-16-2-4-17(5-3-16)25-13-20(24)23-9-7-22(8-10-23)12-15-1-6-18-19(11-15)27-14-26-18;1-18-11-8-12(16)14(13(9-11)19-2)15(17)10-6-4-3-5-7-10;/h1-6,11H,7-10,12-14H2;3-9,16H,1-2H3;1H. The van der Waals surface area contributed by atoms with Gasteiger partial charge in [0.25, 0.3) is 5.91 Å². The van der Waals surface area contributed by atoms with Crippen LogP contribution in [0.15, 0.2) is 84.9 Å². The van der Waals surface area contributed by atoms with Gasteiger partial charge in [0.1, 0.15) is 28.6 Å². The molecule has 47 heavy (non-hydrogen) atoms. The van der Waals surface area contributed by atoms with Crippen molar-refractivity contribution in [3.05, 3.63) is 107 Å². The fourth-order valence-electron chi connectivity index (χ4n) is 5.04. The van der Waals surface area contributed by atoms with Gasteiger partial charge in [-0.3, -0.25) is 14.5 Å². The van der Waals surface area contributed by atoms with Crippen molar-refractivity contribution in [2.75, 3.05) is 53.8 Å². The van der Waals surface area contributed by atoms with Crippen LogP contribution in [0.1, 0.15) is 21.5 Å². The van der Waals surface area contributed by atoms with Crippen molar-refractivity contribution in [1.29, 1.82) is 0 Å². The highest BCUT2D eigenvalue weighted by atomic mass is 35.5. The van der Waals surface area contributed by atoms with Crippen LogP contribution in [0.25, 0.3) is 0 Å². The first-order chi connectivity index (χ1) is 22.3. The number of rotatable bonds is 9. The maximum atomic E-state index is 12.4. The molecule has 1 fully saturated rings. The summed E-state index contributed by atoms with van der Waals surface area (Å²) in [4.78, 5) is 28.9. The van der Waals surface area contributed by atoms with Crippen molar-refractivity contribution >= 4 is 35.7 Å². The van der Waals surface area contributed by atoms with E-state index in [0.717, 1.165) is 31.1 Å². The fraction of sp³-hybridized carbons (Fsp3) is 0.257. The normalized spacial score (nSPS) is 13.5. The van der Waals surface area contributed by atoms with Gasteiger partial charge in [-0.2, -0.15) is 0 Å². The quantitative estimate of drug-likeness (QED) is 0.218. The van der Waals surface area contributed by atoms with Crippen molar-refractivity contribution in [1.82, 2.24) is 9.80 Å². The molecule has 4 aromatic rings. The minimum atomic E-state index is -0.294. The number of piperazine rings is 1. The molecule has 2 aliphatic heterocycles. The van der Waals surface area contributed by atoms with Gasteiger partial charge in [-0.15, -0.1) is 12.4 Å². The summed E-state index contributed by atoms with van der Waals surface area (Å²) in [5.74, 6) is 2.52. The number of hydrogen-bond donors (Lipinski definition) is 1. The number of ketones is 1. The van der Waals surface area contributed by atoms with E-state index in [4.69, 9.17) is 35.3 Å². The fourth-order valence-corrected chi connectivity index (χ4v) is 5.16. The maximum Gasteiger partial charge on any atom is 0.260 e. The van der Waals surface area contributed by atoms with E-state index >= 15 is 0 Å². The largest absolute Gasteiger partial charge is 0.507 e. The molecule has 1 N–H and O–H groups in total. The lowest BCUT2D eigenvalue weighted by Gasteiger charge is -2.34. The van der Waals surface area contributed by atoms with Crippen molar-refractivity contribution in [3.8, 4) is 34.5 Å². The first-order valence-corrected chi connectivity index (χ1v) is 15.0. The van der Waals surface area contributed by atoms with Crippen LogP contribution in [0.2, 0.25) is 5.02 Å². The topological polar surface area (TPSA) is 107 Å². The minimum absolute atomic E-state index is 0. The number of fused-ring (bicyclic) bond motifs is 1. The Morgan fingerprint density at radius 1 is 0.830 bits per heavy atom. The second-order valence-electron chi connectivity index (χ2n) is 10.5. The molecule has 1 saturated heterocycles. The van der Waals surface area contributed by atoms with E-state index in [9.17, 15) is 14.7 Å². The van der Waals surface area contributed by atoms with Gasteiger partial charge in [0.15, 0.2) is 18.1 Å². The summed E-state index contributed by atoms with van der Waals surface area (Å²) >= 11 is 5.85. The van der Waals surface area contributed by atoms with Gasteiger partial charge in [-0.05, 0) is 42.0 Å². The SMILES string of the molecule is COc1cc(O)c(C(=O)c2ccccc2)c(OC)c1.Cl.O=C(COc1ccc(Cl)cc1)N1CCN(Cc2ccc3c(c2)OCO3)CC1. The Bertz CT molecular complexity index is 1650. The van der Waals surface area contributed by atoms with E-state index in [1.54, 1.807) is 54.6 Å². The van der Waals surface area contributed by atoms with Crippen LogP contribution in [-0.4, -0.2) is 80.4 Å². The van der Waals surface area contributed by atoms with Gasteiger partial charge >= 0.3 is 0 Å². The average molecular weight is 684 g/mol. The lowest BCUT2D eigenvalue weighted by molar-refractivity contribution is -0.135. The molecule has 1 amide bonds. The summed E-state index contributed by atoms with van der Waals surface area (Å²) in [7, 11) is 2.92. The molecule has 248 valence electrons. The molecular weight excluding hydrogens is 647 g/mol. The third kappa shape index (κ3) is 9.22. The summed E-state index contributed by atoms with van der Waals surface area (Å²) in [5, 5.41) is 10.6. The van der Waals surface area contributed by atoms with Gasteiger partial charge in [0.2, 0.25) is 12.6 Å². The average Bonchev–Trinajstić information content (AvgIpc) is 3.56. The van der Waals surface area contributed by atoms with Crippen LogP contribution in [0.4, 0.5) is 0 Å². The summed E-state index contributed by atoms with van der Waals surface area (Å²) in [5.41, 5.74) is 1.81. The Morgan fingerprint density at radius 2 is 1.53 bits per heavy atom. The highest BCUT2D eigenvalue weighted by Crippen LogP contribution is 2.35. The number of nitrogens with zero attached hydrogens (tertiary/aromatic N) is 2. The van der Waals surface area contributed by atoms with E-state index in [-0.39, 0.29) is 54.6 Å². The third-order valence-electron chi connectivity index (χ3n) is 7.52. The molecule has 2 aliphatic rings. The van der Waals surface area contributed by atoms with Crippen LogP contribution in [-0.2, 0) is 11.3 Å². The Morgan fingerprint density at radius 3 is 2.21 bits per heavy atom. The number of ether oxygens (including phenoxy) is 5. The van der Waals surface area contributed by atoms with Gasteiger partial charge in [-0.1, -0.05) is 48.0 Å². The zero-order chi connectivity index (χ0) is 32.5. The molecule has 4 aromatic carbocycles. The molecule has 6 rings (SSSR count). The molecule has 0 aromatic heterocycles. The van der Waals surface area contributed by atoms with Crippen LogP contribution >= 0.6 is 24.0 Å². The van der Waals surface area contributed by atoms with E-state index in [1.807, 2.05) is 23.1 Å². The highest BCUT2D eigenvalue weighted by molar-refractivity contribution is 6.30. The number of carbonyl (C=O) groups is 2. The number of hydrogen-bond acceptors (Lipinski definition) is 9. The first kappa shape index (κ1) is 35.2. The Hall–Kier alpha value is -4.64. The number of phenolic OH excluding ortho intramolecular Hbond substituents is 1. The molecule has 12 heteroatoms. The molecule has 0 bridgehead atoms. The molecule has 0 spiro atoms. The molecule has 10 nitrogen and oxygen atoms in total. The minimum Gasteiger partial charge on any atom is -0.507 e. The van der Waals surface area contributed by atoms with E-state index in [0.29, 0.717) is 35.2 Å². The van der Waals surface area contributed by atoms with Gasteiger partial charge in [-0.25, -0.2) is 0 Å². The smallest absolute Gasteiger partial charge is 0.260 e. The maximum absolute atomic E-state index is 12.4. The lowest BCUT2D eigenvalue weighted by Crippen LogP contribution is -2.49. The third-order valence-corrected chi connectivity index (χ3v) is 7.77. The monoisotopic (exact) mass is 682 g/mol. The molecule has 0 aliphatic carbocycles. The van der Waals surface area contributed by atoms with Crippen LogP contribution in [0, 0.1) is 0 Å². The molecule has 0 radical (unpaired) electrons. The second-order valence-corrected chi connectivity index (χ2v) is 10.9. The van der Waals surface area contributed by atoms with Crippen molar-refractivity contribution in [2.45, 2.75) is 6.54 Å². The number of phenols is 1. The van der Waals surface area contributed by atoms with E-state index in [2.05, 4.69) is 11.0 Å². The Balaban J connectivity index is 0.000000221. The zero-order valence-corrected chi connectivity index (χ0v) is 27.6. The zero-order valence-electron chi connectivity index (χ0n) is 26.0. The number of aromatic hydroxyl groups is 1. The molecule has 2 heterocycles. The summed E-state index contributed by atoms with van der Waals surface area (Å²) < 4.78 is 26.5. The number of halogens is 2. The van der Waals surface area contributed by atoms with Crippen LogP contribution in [0.5, 0.6) is 34.5 Å². The lowest BCUT2D eigenvalue weighted by atomic mass is 10.0. The summed E-state index contributed by atoms with van der Waals surface area (Å²) in [6, 6.07) is 24.7. The predicted octanol–water partition coefficient (Wildman–Crippen LogP) is 5.85. The number of carbonyl (C=O) groups excluding carboxylic acids is 2. The molecule has 0 unspecified atom stereocenters. The first-order valence-electron chi connectivity index (χ1n) is 14.7. The second kappa shape index (κ2) is 16.8. The summed E-state index contributed by atoms with van der Waals surface area (Å²) in [6.45, 7) is 4.24. The Labute approximate surface area is 284 Å². The number of methoxy groups -OCH3 is 2.